The SMILES string of the molecule is Cc1ccc(C(=O)NC[C@@H](c2ccccc2Cl)c2c[nH]c3ccccc23)cc1. The third-order valence-corrected chi connectivity index (χ3v) is 5.40. The number of para-hydroxylation sites is 1. The van der Waals surface area contributed by atoms with E-state index in [0.717, 1.165) is 27.6 Å². The van der Waals surface area contributed by atoms with Gasteiger partial charge in [-0.15, -0.1) is 0 Å². The summed E-state index contributed by atoms with van der Waals surface area (Å²) in [5, 5.41) is 4.92. The van der Waals surface area contributed by atoms with Crippen LogP contribution in [0.3, 0.4) is 0 Å². The van der Waals surface area contributed by atoms with Crippen LogP contribution in [-0.2, 0) is 0 Å². The number of H-pyrrole nitrogens is 1. The van der Waals surface area contributed by atoms with Gasteiger partial charge in [0.05, 0.1) is 0 Å². The van der Waals surface area contributed by atoms with Crippen LogP contribution in [0.15, 0.2) is 79.0 Å². The number of aromatic nitrogens is 1. The molecule has 0 saturated heterocycles. The number of aryl methyl sites for hydroxylation is 1. The smallest absolute Gasteiger partial charge is 0.251 e. The van der Waals surface area contributed by atoms with Crippen LogP contribution in [0.5, 0.6) is 0 Å². The molecule has 4 rings (SSSR count). The van der Waals surface area contributed by atoms with E-state index in [1.54, 1.807) is 0 Å². The van der Waals surface area contributed by atoms with Crippen molar-refractivity contribution in [3.63, 3.8) is 0 Å². The Bertz CT molecular complexity index is 1110. The van der Waals surface area contributed by atoms with Crippen LogP contribution in [0, 0.1) is 6.92 Å². The molecule has 28 heavy (non-hydrogen) atoms. The highest BCUT2D eigenvalue weighted by Gasteiger charge is 2.21. The van der Waals surface area contributed by atoms with Crippen molar-refractivity contribution in [2.24, 2.45) is 0 Å². The zero-order valence-corrected chi connectivity index (χ0v) is 16.3. The van der Waals surface area contributed by atoms with Gasteiger partial charge in [0.15, 0.2) is 0 Å². The summed E-state index contributed by atoms with van der Waals surface area (Å²) in [4.78, 5) is 16.0. The predicted octanol–water partition coefficient (Wildman–Crippen LogP) is 5.69. The molecule has 140 valence electrons. The van der Waals surface area contributed by atoms with Gasteiger partial charge in [-0.25, -0.2) is 0 Å². The third kappa shape index (κ3) is 3.67. The molecule has 1 aromatic heterocycles. The fraction of sp³-hybridized carbons (Fsp3) is 0.125. The maximum absolute atomic E-state index is 12.7. The quantitative estimate of drug-likeness (QED) is 0.453. The Morgan fingerprint density at radius 2 is 1.68 bits per heavy atom. The highest BCUT2D eigenvalue weighted by Crippen LogP contribution is 2.34. The average molecular weight is 389 g/mol. The first-order valence-electron chi connectivity index (χ1n) is 9.29. The number of hydrogen-bond acceptors (Lipinski definition) is 1. The second kappa shape index (κ2) is 7.91. The van der Waals surface area contributed by atoms with E-state index in [1.165, 1.54) is 0 Å². The van der Waals surface area contributed by atoms with E-state index in [4.69, 9.17) is 11.6 Å². The average Bonchev–Trinajstić information content (AvgIpc) is 3.14. The molecule has 1 heterocycles. The molecule has 0 bridgehead atoms. The number of halogens is 1. The summed E-state index contributed by atoms with van der Waals surface area (Å²) in [5.41, 5.74) is 4.97. The van der Waals surface area contributed by atoms with Crippen molar-refractivity contribution < 1.29 is 4.79 Å². The summed E-state index contributed by atoms with van der Waals surface area (Å²) < 4.78 is 0. The molecular weight excluding hydrogens is 368 g/mol. The van der Waals surface area contributed by atoms with Crippen molar-refractivity contribution in [2.45, 2.75) is 12.8 Å². The van der Waals surface area contributed by atoms with E-state index in [0.29, 0.717) is 17.1 Å². The summed E-state index contributed by atoms with van der Waals surface area (Å²) in [6.07, 6.45) is 2.01. The lowest BCUT2D eigenvalue weighted by molar-refractivity contribution is 0.0952. The fourth-order valence-electron chi connectivity index (χ4n) is 3.53. The van der Waals surface area contributed by atoms with Gasteiger partial charge in [-0.05, 0) is 42.3 Å². The Hall–Kier alpha value is -3.04. The first-order valence-corrected chi connectivity index (χ1v) is 9.66. The van der Waals surface area contributed by atoms with E-state index in [2.05, 4.69) is 16.4 Å². The molecule has 1 amide bonds. The first kappa shape index (κ1) is 18.3. The summed E-state index contributed by atoms with van der Waals surface area (Å²) >= 11 is 6.51. The molecule has 0 spiro atoms. The number of hydrogen-bond donors (Lipinski definition) is 2. The Labute approximate surface area is 169 Å². The number of rotatable bonds is 5. The van der Waals surface area contributed by atoms with Crippen molar-refractivity contribution in [1.82, 2.24) is 10.3 Å². The van der Waals surface area contributed by atoms with Crippen LogP contribution in [0.2, 0.25) is 5.02 Å². The normalized spacial score (nSPS) is 12.1. The molecule has 3 aromatic carbocycles. The summed E-state index contributed by atoms with van der Waals surface area (Å²) in [6.45, 7) is 2.46. The molecule has 4 heteroatoms. The molecule has 0 saturated carbocycles. The minimum atomic E-state index is -0.0862. The monoisotopic (exact) mass is 388 g/mol. The Morgan fingerprint density at radius 1 is 0.964 bits per heavy atom. The lowest BCUT2D eigenvalue weighted by Gasteiger charge is -2.19. The largest absolute Gasteiger partial charge is 0.361 e. The van der Waals surface area contributed by atoms with Crippen molar-refractivity contribution in [3.05, 3.63) is 106 Å². The molecule has 2 N–H and O–H groups in total. The molecule has 3 nitrogen and oxygen atoms in total. The number of nitrogens with one attached hydrogen (secondary N) is 2. The van der Waals surface area contributed by atoms with Crippen LogP contribution < -0.4 is 5.32 Å². The third-order valence-electron chi connectivity index (χ3n) is 5.06. The zero-order chi connectivity index (χ0) is 19.5. The Balaban J connectivity index is 1.67. The molecule has 0 aliphatic heterocycles. The maximum atomic E-state index is 12.7. The second-order valence-corrected chi connectivity index (χ2v) is 7.35. The number of carbonyl (C=O) groups excluding carboxylic acids is 1. The molecule has 4 aromatic rings. The van der Waals surface area contributed by atoms with Gasteiger partial charge in [0.25, 0.3) is 5.91 Å². The van der Waals surface area contributed by atoms with Gasteiger partial charge in [-0.3, -0.25) is 4.79 Å². The van der Waals surface area contributed by atoms with Gasteiger partial charge < -0.3 is 10.3 Å². The maximum Gasteiger partial charge on any atom is 0.251 e. The number of benzene rings is 3. The minimum Gasteiger partial charge on any atom is -0.361 e. The van der Waals surface area contributed by atoms with E-state index < -0.39 is 0 Å². The van der Waals surface area contributed by atoms with Crippen LogP contribution in [0.25, 0.3) is 10.9 Å². The second-order valence-electron chi connectivity index (χ2n) is 6.94. The lowest BCUT2D eigenvalue weighted by atomic mass is 9.90. The lowest BCUT2D eigenvalue weighted by Crippen LogP contribution is -2.29. The molecular formula is C24H21ClN2O. The van der Waals surface area contributed by atoms with Crippen molar-refractivity contribution in [3.8, 4) is 0 Å². The minimum absolute atomic E-state index is 0.0563. The topological polar surface area (TPSA) is 44.9 Å². The summed E-state index contributed by atoms with van der Waals surface area (Å²) in [5.74, 6) is -0.142. The van der Waals surface area contributed by atoms with Gasteiger partial charge in [-0.1, -0.05) is 65.7 Å². The van der Waals surface area contributed by atoms with E-state index in [9.17, 15) is 4.79 Å². The predicted molar refractivity (Wildman–Crippen MR) is 115 cm³/mol. The van der Waals surface area contributed by atoms with Crippen LogP contribution >= 0.6 is 11.6 Å². The van der Waals surface area contributed by atoms with Gasteiger partial charge in [0.1, 0.15) is 0 Å². The zero-order valence-electron chi connectivity index (χ0n) is 15.6. The highest BCUT2D eigenvalue weighted by atomic mass is 35.5. The fourth-order valence-corrected chi connectivity index (χ4v) is 3.80. The van der Waals surface area contributed by atoms with E-state index in [-0.39, 0.29) is 11.8 Å². The van der Waals surface area contributed by atoms with Gasteiger partial charge >= 0.3 is 0 Å². The first-order chi connectivity index (χ1) is 13.6. The Morgan fingerprint density at radius 3 is 2.46 bits per heavy atom. The van der Waals surface area contributed by atoms with Gasteiger partial charge in [0.2, 0.25) is 0 Å². The van der Waals surface area contributed by atoms with E-state index >= 15 is 0 Å². The van der Waals surface area contributed by atoms with Crippen LogP contribution in [-0.4, -0.2) is 17.4 Å². The van der Waals surface area contributed by atoms with Crippen molar-refractivity contribution >= 4 is 28.4 Å². The summed E-state index contributed by atoms with van der Waals surface area (Å²) in [6, 6.07) is 23.6. The molecule has 0 fully saturated rings. The van der Waals surface area contributed by atoms with Crippen LogP contribution in [0.1, 0.15) is 33.0 Å². The molecule has 0 radical (unpaired) electrons. The highest BCUT2D eigenvalue weighted by molar-refractivity contribution is 6.31. The number of carbonyl (C=O) groups is 1. The van der Waals surface area contributed by atoms with E-state index in [1.807, 2.05) is 79.9 Å². The van der Waals surface area contributed by atoms with Crippen LogP contribution in [0.4, 0.5) is 0 Å². The molecule has 0 aliphatic rings. The summed E-state index contributed by atoms with van der Waals surface area (Å²) in [7, 11) is 0. The Kier molecular flexibility index (Phi) is 5.18. The molecule has 0 aliphatic carbocycles. The van der Waals surface area contributed by atoms with Gasteiger partial charge in [-0.2, -0.15) is 0 Å². The van der Waals surface area contributed by atoms with Crippen molar-refractivity contribution in [2.75, 3.05) is 6.54 Å². The number of amides is 1. The number of aromatic amines is 1. The molecule has 1 atom stereocenters. The number of fused-ring (bicyclic) bond motifs is 1. The molecule has 0 unspecified atom stereocenters. The standard InChI is InChI=1S/C24H21ClN2O/c1-16-10-12-17(13-11-16)24(28)27-15-20(18-6-2-4-8-22(18)25)21-14-26-23-9-5-3-7-19(21)23/h2-14,20,26H,15H2,1H3,(H,27,28)/t20-/m0/s1. The van der Waals surface area contributed by atoms with Gasteiger partial charge in [0, 0.05) is 40.1 Å². The van der Waals surface area contributed by atoms with Crippen molar-refractivity contribution in [1.29, 1.82) is 0 Å².